The van der Waals surface area contributed by atoms with Crippen molar-refractivity contribution in [2.24, 2.45) is 0 Å². The van der Waals surface area contributed by atoms with Gasteiger partial charge in [0.05, 0.1) is 12.2 Å². The molecule has 1 atom stereocenters. The van der Waals surface area contributed by atoms with E-state index in [9.17, 15) is 4.39 Å². The van der Waals surface area contributed by atoms with Gasteiger partial charge in [-0.15, -0.1) is 0 Å². The van der Waals surface area contributed by atoms with Gasteiger partial charge in [-0.2, -0.15) is 0 Å². The van der Waals surface area contributed by atoms with Crippen LogP contribution in [0.15, 0.2) is 89.5 Å². The fourth-order valence-electron chi connectivity index (χ4n) is 3.33. The van der Waals surface area contributed by atoms with Gasteiger partial charge in [-0.25, -0.2) is 4.39 Å². The summed E-state index contributed by atoms with van der Waals surface area (Å²) in [6.45, 7) is 2.28. The summed E-state index contributed by atoms with van der Waals surface area (Å²) in [7, 11) is 0. The van der Waals surface area contributed by atoms with Gasteiger partial charge >= 0.3 is 0 Å². The summed E-state index contributed by atoms with van der Waals surface area (Å²) in [4.78, 5) is 0. The van der Waals surface area contributed by atoms with Crippen LogP contribution in [0.5, 0.6) is 0 Å². The largest absolute Gasteiger partial charge is 0.359 e. The number of hydrogen-bond acceptors (Lipinski definition) is 3. The van der Waals surface area contributed by atoms with Crippen molar-refractivity contribution in [3.05, 3.63) is 108 Å². The van der Waals surface area contributed by atoms with E-state index in [0.717, 1.165) is 16.8 Å². The highest BCUT2D eigenvalue weighted by atomic mass is 19.1. The predicted octanol–water partition coefficient (Wildman–Crippen LogP) is 5.77. The van der Waals surface area contributed by atoms with Crippen LogP contribution in [0.3, 0.4) is 0 Å². The maximum absolute atomic E-state index is 14.7. The van der Waals surface area contributed by atoms with Crippen molar-refractivity contribution in [3.8, 4) is 11.1 Å². The minimum atomic E-state index is -0.263. The molecule has 0 radical (unpaired) electrons. The number of nitrogens with zero attached hydrogens (tertiary/aromatic N) is 1. The quantitative estimate of drug-likeness (QED) is 0.277. The van der Waals surface area contributed by atoms with Crippen LogP contribution in [0.4, 0.5) is 10.1 Å². The number of benzene rings is 3. The maximum Gasteiger partial charge on any atom is 0.193 e. The average Bonchev–Trinajstić information content (AvgIpc) is 3.27. The Kier molecular flexibility index (Phi) is 6.08. The number of nitrogens with one attached hydrogen (secondary N) is 3. The van der Waals surface area contributed by atoms with Crippen LogP contribution in [0.2, 0.25) is 0 Å². The molecule has 0 bridgehead atoms. The lowest BCUT2D eigenvalue weighted by Crippen LogP contribution is -2.28. The summed E-state index contributed by atoms with van der Waals surface area (Å²) in [6, 6.07) is 26.1. The van der Waals surface area contributed by atoms with Crippen LogP contribution in [0, 0.1) is 11.2 Å². The van der Waals surface area contributed by atoms with E-state index in [1.807, 2.05) is 79.7 Å². The zero-order valence-electron chi connectivity index (χ0n) is 17.1. The van der Waals surface area contributed by atoms with Crippen LogP contribution in [-0.4, -0.2) is 11.1 Å². The van der Waals surface area contributed by atoms with Crippen LogP contribution in [0.1, 0.15) is 29.9 Å². The lowest BCUT2D eigenvalue weighted by molar-refractivity contribution is 0.373. The normalized spacial score (nSPS) is 11.7. The zero-order valence-corrected chi connectivity index (χ0v) is 17.1. The molecule has 0 saturated carbocycles. The molecular formula is C25H23FN4O. The monoisotopic (exact) mass is 414 g/mol. The fourth-order valence-corrected chi connectivity index (χ4v) is 3.33. The Morgan fingerprint density at radius 3 is 2.42 bits per heavy atom. The van der Waals surface area contributed by atoms with E-state index in [1.54, 1.807) is 12.1 Å². The Bertz CT molecular complexity index is 1160. The molecule has 1 heterocycles. The van der Waals surface area contributed by atoms with Crippen molar-refractivity contribution in [1.29, 1.82) is 5.41 Å². The Morgan fingerprint density at radius 2 is 1.71 bits per heavy atom. The molecule has 0 amide bonds. The Morgan fingerprint density at radius 1 is 1.00 bits per heavy atom. The van der Waals surface area contributed by atoms with E-state index >= 15 is 0 Å². The lowest BCUT2D eigenvalue weighted by Gasteiger charge is -2.11. The van der Waals surface area contributed by atoms with Crippen molar-refractivity contribution in [2.75, 3.05) is 5.32 Å². The number of aromatic nitrogens is 1. The molecule has 0 saturated heterocycles. The molecule has 0 aliphatic carbocycles. The molecule has 3 aromatic carbocycles. The van der Waals surface area contributed by atoms with Crippen molar-refractivity contribution < 1.29 is 8.91 Å². The molecular weight excluding hydrogens is 391 g/mol. The molecule has 156 valence electrons. The SMILES string of the molecule is CC(c1ccc(-c2ccccc2)c(F)c1)c1cc(CNC(=N)Nc2ccccc2)on1. The van der Waals surface area contributed by atoms with E-state index in [4.69, 9.17) is 9.93 Å². The van der Waals surface area contributed by atoms with Gasteiger partial charge < -0.3 is 15.2 Å². The Hall–Kier alpha value is -3.93. The summed E-state index contributed by atoms with van der Waals surface area (Å²) >= 11 is 0. The average molecular weight is 414 g/mol. The third-order valence-electron chi connectivity index (χ3n) is 5.08. The van der Waals surface area contributed by atoms with Gasteiger partial charge in [-0.1, -0.05) is 72.7 Å². The van der Waals surface area contributed by atoms with Gasteiger partial charge in [0.25, 0.3) is 0 Å². The first-order chi connectivity index (χ1) is 15.1. The minimum absolute atomic E-state index is 0.126. The third-order valence-corrected chi connectivity index (χ3v) is 5.08. The zero-order chi connectivity index (χ0) is 21.6. The van der Waals surface area contributed by atoms with Crippen LogP contribution in [-0.2, 0) is 6.54 Å². The van der Waals surface area contributed by atoms with Crippen LogP contribution in [0.25, 0.3) is 11.1 Å². The topological polar surface area (TPSA) is 73.9 Å². The summed E-state index contributed by atoms with van der Waals surface area (Å²) in [5.41, 5.74) is 3.79. The van der Waals surface area contributed by atoms with Crippen molar-refractivity contribution in [1.82, 2.24) is 10.5 Å². The van der Waals surface area contributed by atoms with Gasteiger partial charge in [0.2, 0.25) is 0 Å². The molecule has 0 aliphatic rings. The Balaban J connectivity index is 1.39. The molecule has 1 unspecified atom stereocenters. The van der Waals surface area contributed by atoms with E-state index in [0.29, 0.717) is 23.6 Å². The predicted molar refractivity (Wildman–Crippen MR) is 120 cm³/mol. The van der Waals surface area contributed by atoms with Crippen molar-refractivity contribution in [3.63, 3.8) is 0 Å². The van der Waals surface area contributed by atoms with E-state index < -0.39 is 0 Å². The first kappa shape index (κ1) is 20.3. The number of guanidine groups is 1. The molecule has 4 rings (SSSR count). The number of halogens is 1. The first-order valence-electron chi connectivity index (χ1n) is 10.0. The highest BCUT2D eigenvalue weighted by Gasteiger charge is 2.16. The lowest BCUT2D eigenvalue weighted by atomic mass is 9.94. The fraction of sp³-hybridized carbons (Fsp3) is 0.120. The number of hydrogen-bond donors (Lipinski definition) is 3. The summed E-state index contributed by atoms with van der Waals surface area (Å²) in [5.74, 6) is 0.374. The molecule has 3 N–H and O–H groups in total. The van der Waals surface area contributed by atoms with Crippen LogP contribution < -0.4 is 10.6 Å². The molecule has 4 aromatic rings. The van der Waals surface area contributed by atoms with Gasteiger partial charge in [0.1, 0.15) is 5.82 Å². The van der Waals surface area contributed by atoms with E-state index in [2.05, 4.69) is 15.8 Å². The molecule has 5 nitrogen and oxygen atoms in total. The second-order valence-electron chi connectivity index (χ2n) is 7.26. The molecule has 31 heavy (non-hydrogen) atoms. The number of anilines is 1. The van der Waals surface area contributed by atoms with Gasteiger partial charge in [0.15, 0.2) is 11.7 Å². The second-order valence-corrected chi connectivity index (χ2v) is 7.26. The number of rotatable bonds is 6. The highest BCUT2D eigenvalue weighted by molar-refractivity contribution is 5.90. The molecule has 0 spiro atoms. The maximum atomic E-state index is 14.7. The highest BCUT2D eigenvalue weighted by Crippen LogP contribution is 2.29. The molecule has 6 heteroatoms. The smallest absolute Gasteiger partial charge is 0.193 e. The summed E-state index contributed by atoms with van der Waals surface area (Å²) < 4.78 is 20.1. The van der Waals surface area contributed by atoms with E-state index in [1.165, 1.54) is 0 Å². The van der Waals surface area contributed by atoms with Gasteiger partial charge in [0, 0.05) is 23.2 Å². The van der Waals surface area contributed by atoms with Crippen molar-refractivity contribution >= 4 is 11.6 Å². The number of para-hydroxylation sites is 1. The first-order valence-corrected chi connectivity index (χ1v) is 10.0. The third kappa shape index (κ3) is 4.98. The summed E-state index contributed by atoms with van der Waals surface area (Å²) in [6.07, 6.45) is 0. The standard InChI is InChI=1S/C25H23FN4O/c1-17(19-12-13-22(23(26)14-19)18-8-4-2-5-9-18)24-15-21(31-30-24)16-28-25(27)29-20-10-6-3-7-11-20/h2-15,17H,16H2,1H3,(H3,27,28,29). The molecule has 0 aliphatic heterocycles. The van der Waals surface area contributed by atoms with Crippen LogP contribution >= 0.6 is 0 Å². The minimum Gasteiger partial charge on any atom is -0.359 e. The molecule has 0 fully saturated rings. The Labute approximate surface area is 180 Å². The van der Waals surface area contributed by atoms with Gasteiger partial charge in [-0.05, 0) is 29.3 Å². The molecule has 1 aromatic heterocycles. The van der Waals surface area contributed by atoms with Crippen molar-refractivity contribution in [2.45, 2.75) is 19.4 Å². The summed E-state index contributed by atoms with van der Waals surface area (Å²) in [5, 5.41) is 18.0. The van der Waals surface area contributed by atoms with E-state index in [-0.39, 0.29) is 17.7 Å². The van der Waals surface area contributed by atoms with Gasteiger partial charge in [-0.3, -0.25) is 5.41 Å². The second kappa shape index (κ2) is 9.26.